The van der Waals surface area contributed by atoms with E-state index in [1.165, 1.54) is 141 Å². The largest absolute Gasteiger partial charge is 0.462 e. The molecule has 0 fully saturated rings. The van der Waals surface area contributed by atoms with Crippen molar-refractivity contribution < 1.29 is 28.6 Å². The van der Waals surface area contributed by atoms with Gasteiger partial charge in [-0.3, -0.25) is 14.4 Å². The van der Waals surface area contributed by atoms with Crippen molar-refractivity contribution in [3.05, 3.63) is 0 Å². The Morgan fingerprint density at radius 3 is 0.945 bits per heavy atom. The molecule has 0 radical (unpaired) electrons. The van der Waals surface area contributed by atoms with Crippen LogP contribution in [0.2, 0.25) is 0 Å². The molecular formula is C49H94O6. The van der Waals surface area contributed by atoms with Crippen molar-refractivity contribution in [3.63, 3.8) is 0 Å². The van der Waals surface area contributed by atoms with E-state index in [1.54, 1.807) is 0 Å². The molecule has 0 rings (SSSR count). The molecule has 2 atom stereocenters. The summed E-state index contributed by atoms with van der Waals surface area (Å²) < 4.78 is 16.7. The molecule has 0 aliphatic rings. The molecule has 0 heterocycles. The summed E-state index contributed by atoms with van der Waals surface area (Å²) in [6.07, 6.45) is 38.2. The average Bonchev–Trinajstić information content (AvgIpc) is 3.15. The molecule has 0 aromatic rings. The fraction of sp³-hybridized carbons (Fsp3) is 0.939. The summed E-state index contributed by atoms with van der Waals surface area (Å²) in [4.78, 5) is 37.7. The molecular weight excluding hydrogens is 685 g/mol. The van der Waals surface area contributed by atoms with Crippen LogP contribution in [0.3, 0.4) is 0 Å². The highest BCUT2D eigenvalue weighted by atomic mass is 16.6. The van der Waals surface area contributed by atoms with Gasteiger partial charge in [0.2, 0.25) is 0 Å². The first-order valence-corrected chi connectivity index (χ1v) is 24.1. The first-order valence-electron chi connectivity index (χ1n) is 24.1. The van der Waals surface area contributed by atoms with Gasteiger partial charge in [-0.2, -0.15) is 0 Å². The van der Waals surface area contributed by atoms with E-state index in [-0.39, 0.29) is 31.1 Å². The molecule has 0 aromatic carbocycles. The van der Waals surface area contributed by atoms with Crippen LogP contribution < -0.4 is 0 Å². The Labute approximate surface area is 342 Å². The van der Waals surface area contributed by atoms with E-state index in [0.29, 0.717) is 19.3 Å². The minimum Gasteiger partial charge on any atom is -0.462 e. The Bertz CT molecular complexity index is 854. The smallest absolute Gasteiger partial charge is 0.306 e. The summed E-state index contributed by atoms with van der Waals surface area (Å²) in [7, 11) is 0. The molecule has 0 aliphatic heterocycles. The maximum atomic E-state index is 12.7. The van der Waals surface area contributed by atoms with Crippen LogP contribution in [0, 0.1) is 17.8 Å². The number of rotatable bonds is 42. The van der Waals surface area contributed by atoms with Crippen molar-refractivity contribution in [2.75, 3.05) is 13.2 Å². The van der Waals surface area contributed by atoms with E-state index in [2.05, 4.69) is 41.5 Å². The second-order valence-electron chi connectivity index (χ2n) is 17.9. The summed E-state index contributed by atoms with van der Waals surface area (Å²) in [5, 5.41) is 0. The first-order chi connectivity index (χ1) is 26.6. The zero-order chi connectivity index (χ0) is 40.6. The Balaban J connectivity index is 4.26. The van der Waals surface area contributed by atoms with Crippen molar-refractivity contribution >= 4 is 17.9 Å². The van der Waals surface area contributed by atoms with Crippen molar-refractivity contribution in [2.45, 2.75) is 266 Å². The van der Waals surface area contributed by atoms with Gasteiger partial charge in [-0.25, -0.2) is 0 Å². The number of unbranched alkanes of at least 4 members (excludes halogenated alkanes) is 24. The minimum atomic E-state index is -0.762. The molecule has 0 spiro atoms. The van der Waals surface area contributed by atoms with Crippen LogP contribution in [0.4, 0.5) is 0 Å². The van der Waals surface area contributed by atoms with Crippen LogP contribution in [-0.2, 0) is 28.6 Å². The van der Waals surface area contributed by atoms with Gasteiger partial charge >= 0.3 is 17.9 Å². The molecule has 6 nitrogen and oxygen atoms in total. The number of carbonyl (C=O) groups excluding carboxylic acids is 3. The van der Waals surface area contributed by atoms with Gasteiger partial charge in [-0.05, 0) is 37.0 Å². The fourth-order valence-electron chi connectivity index (χ4n) is 7.20. The Kier molecular flexibility index (Phi) is 39.4. The molecule has 326 valence electrons. The normalized spacial score (nSPS) is 12.7. The molecule has 0 aliphatic carbocycles. The van der Waals surface area contributed by atoms with E-state index in [0.717, 1.165) is 75.5 Å². The van der Waals surface area contributed by atoms with Gasteiger partial charge < -0.3 is 14.2 Å². The average molecular weight is 779 g/mol. The van der Waals surface area contributed by atoms with Crippen molar-refractivity contribution in [1.82, 2.24) is 0 Å². The molecule has 0 bridgehead atoms. The van der Waals surface area contributed by atoms with Crippen LogP contribution in [0.1, 0.15) is 260 Å². The number of hydrogen-bond acceptors (Lipinski definition) is 6. The summed E-state index contributed by atoms with van der Waals surface area (Å²) in [5.74, 6) is 1.56. The third-order valence-corrected chi connectivity index (χ3v) is 11.3. The van der Waals surface area contributed by atoms with Gasteiger partial charge in [0.15, 0.2) is 6.10 Å². The fourth-order valence-corrected chi connectivity index (χ4v) is 7.20. The number of carbonyl (C=O) groups is 3. The predicted molar refractivity (Wildman–Crippen MR) is 233 cm³/mol. The summed E-state index contributed by atoms with van der Waals surface area (Å²) >= 11 is 0. The van der Waals surface area contributed by atoms with Crippen molar-refractivity contribution in [2.24, 2.45) is 17.8 Å². The highest BCUT2D eigenvalue weighted by Crippen LogP contribution is 2.17. The third-order valence-electron chi connectivity index (χ3n) is 11.3. The van der Waals surface area contributed by atoms with Gasteiger partial charge in [0.25, 0.3) is 0 Å². The quantitative estimate of drug-likeness (QED) is 0.0349. The monoisotopic (exact) mass is 779 g/mol. The Morgan fingerprint density at radius 2 is 0.636 bits per heavy atom. The highest BCUT2D eigenvalue weighted by Gasteiger charge is 2.19. The maximum Gasteiger partial charge on any atom is 0.306 e. The molecule has 0 saturated carbocycles. The molecule has 0 aromatic heterocycles. The predicted octanol–water partition coefficient (Wildman–Crippen LogP) is 15.2. The van der Waals surface area contributed by atoms with Crippen LogP contribution in [0.5, 0.6) is 0 Å². The summed E-state index contributed by atoms with van der Waals surface area (Å²) in [5.41, 5.74) is 0. The maximum absolute atomic E-state index is 12.7. The molecule has 55 heavy (non-hydrogen) atoms. The summed E-state index contributed by atoms with van der Waals surface area (Å²) in [6, 6.07) is 0. The van der Waals surface area contributed by atoms with Gasteiger partial charge in [0, 0.05) is 19.3 Å². The van der Waals surface area contributed by atoms with Crippen LogP contribution >= 0.6 is 0 Å². The van der Waals surface area contributed by atoms with Gasteiger partial charge in [0.05, 0.1) is 0 Å². The van der Waals surface area contributed by atoms with E-state index < -0.39 is 6.10 Å². The summed E-state index contributed by atoms with van der Waals surface area (Å²) in [6.45, 7) is 13.6. The second kappa shape index (κ2) is 40.6. The molecule has 0 amide bonds. The van der Waals surface area contributed by atoms with E-state index in [4.69, 9.17) is 14.2 Å². The lowest BCUT2D eigenvalue weighted by atomic mass is 10.00. The third kappa shape index (κ3) is 41.9. The number of hydrogen-bond donors (Lipinski definition) is 0. The Hall–Kier alpha value is -1.59. The lowest BCUT2D eigenvalue weighted by molar-refractivity contribution is -0.167. The van der Waals surface area contributed by atoms with E-state index in [1.807, 2.05) is 0 Å². The molecule has 0 N–H and O–H groups in total. The van der Waals surface area contributed by atoms with E-state index in [9.17, 15) is 14.4 Å². The SMILES string of the molecule is CCC(C)CCCCCCCCC(=O)OC[C@H](COC(=O)CCCCCCCCC(C)C)OC(=O)CCCCCCCCCCCCCCCCCC(C)C. The van der Waals surface area contributed by atoms with Crippen LogP contribution in [-0.4, -0.2) is 37.2 Å². The standard InChI is InChI=1S/C49H94O6/c1-7-45(6)37-31-25-20-22-27-33-39-48(51)54-42-46(41-53-47(50)38-32-26-21-19-24-30-36-44(4)5)55-49(52)40-34-28-18-16-14-12-10-8-9-11-13-15-17-23-29-35-43(2)3/h43-46H,7-42H2,1-6H3/t45?,46-/m0/s1. The van der Waals surface area contributed by atoms with Crippen molar-refractivity contribution in [1.29, 1.82) is 0 Å². The topological polar surface area (TPSA) is 78.9 Å². The van der Waals surface area contributed by atoms with Crippen molar-refractivity contribution in [3.8, 4) is 0 Å². The Morgan fingerprint density at radius 1 is 0.364 bits per heavy atom. The van der Waals surface area contributed by atoms with Gasteiger partial charge in [-0.1, -0.05) is 221 Å². The van der Waals surface area contributed by atoms with E-state index >= 15 is 0 Å². The van der Waals surface area contributed by atoms with Gasteiger partial charge in [-0.15, -0.1) is 0 Å². The van der Waals surface area contributed by atoms with Crippen LogP contribution in [0.15, 0.2) is 0 Å². The first kappa shape index (κ1) is 53.4. The zero-order valence-electron chi connectivity index (χ0n) is 37.7. The molecule has 0 saturated heterocycles. The number of ether oxygens (including phenoxy) is 3. The zero-order valence-corrected chi connectivity index (χ0v) is 37.7. The number of esters is 3. The van der Waals surface area contributed by atoms with Crippen LogP contribution in [0.25, 0.3) is 0 Å². The molecule has 1 unspecified atom stereocenters. The highest BCUT2D eigenvalue weighted by molar-refractivity contribution is 5.71. The van der Waals surface area contributed by atoms with Gasteiger partial charge in [0.1, 0.15) is 13.2 Å². The lowest BCUT2D eigenvalue weighted by Gasteiger charge is -2.18. The minimum absolute atomic E-state index is 0.0672. The second-order valence-corrected chi connectivity index (χ2v) is 17.9. The lowest BCUT2D eigenvalue weighted by Crippen LogP contribution is -2.30. The molecule has 6 heteroatoms.